The third kappa shape index (κ3) is 1.85. The van der Waals surface area contributed by atoms with Crippen LogP contribution in [-0.2, 0) is 18.3 Å². The summed E-state index contributed by atoms with van der Waals surface area (Å²) in [5.41, 5.74) is 10.5. The minimum absolute atomic E-state index is 0.222. The summed E-state index contributed by atoms with van der Waals surface area (Å²) in [6.45, 7) is 0.753. The summed E-state index contributed by atoms with van der Waals surface area (Å²) in [7, 11) is 0. The van der Waals surface area contributed by atoms with E-state index in [1.165, 1.54) is 16.7 Å². The molecule has 0 spiro atoms. The number of hydrogen-bond acceptors (Lipinski definition) is 1. The Hall–Kier alpha value is -1.60. The van der Waals surface area contributed by atoms with Gasteiger partial charge in [0.2, 0.25) is 0 Å². The minimum atomic E-state index is 0.222. The molecule has 0 atom stereocenters. The van der Waals surface area contributed by atoms with Gasteiger partial charge in [0.25, 0.3) is 0 Å². The topological polar surface area (TPSA) is 26.0 Å². The molecule has 0 radical (unpaired) electrons. The number of fused-ring (bicyclic) bond motifs is 1. The van der Waals surface area contributed by atoms with E-state index in [0.29, 0.717) is 0 Å². The Morgan fingerprint density at radius 2 is 1.39 bits per heavy atom. The van der Waals surface area contributed by atoms with E-state index < -0.39 is 0 Å². The van der Waals surface area contributed by atoms with Gasteiger partial charge in [-0.1, -0.05) is 54.6 Å². The van der Waals surface area contributed by atoms with Crippen LogP contribution < -0.4 is 5.73 Å². The summed E-state index contributed by atoms with van der Waals surface area (Å²) in [6, 6.07) is 19.7. The third-order valence-electron chi connectivity index (χ3n) is 4.19. The van der Waals surface area contributed by atoms with Crippen LogP contribution in [0, 0.1) is 0 Å². The first-order chi connectivity index (χ1) is 8.84. The van der Waals surface area contributed by atoms with E-state index in [1.807, 2.05) is 0 Å². The van der Waals surface area contributed by atoms with Gasteiger partial charge in [-0.2, -0.15) is 0 Å². The molecule has 2 N–H and O–H groups in total. The minimum Gasteiger partial charge on any atom is -0.330 e. The highest BCUT2D eigenvalue weighted by molar-refractivity contribution is 5.42. The number of rotatable bonds is 3. The maximum atomic E-state index is 5.87. The molecule has 0 bridgehead atoms. The molecule has 1 aliphatic carbocycles. The Kier molecular flexibility index (Phi) is 2.92. The van der Waals surface area contributed by atoms with Gasteiger partial charge in [-0.15, -0.1) is 0 Å². The Morgan fingerprint density at radius 3 is 1.94 bits per heavy atom. The van der Waals surface area contributed by atoms with Crippen LogP contribution >= 0.6 is 0 Å². The average Bonchev–Trinajstić information content (AvgIpc) is 2.79. The van der Waals surface area contributed by atoms with Crippen molar-refractivity contribution in [1.29, 1.82) is 0 Å². The average molecular weight is 237 g/mol. The molecule has 3 rings (SSSR count). The third-order valence-corrected chi connectivity index (χ3v) is 4.19. The van der Waals surface area contributed by atoms with Gasteiger partial charge in [-0.05, 0) is 42.5 Å². The van der Waals surface area contributed by atoms with Crippen LogP contribution in [0.1, 0.15) is 23.1 Å². The van der Waals surface area contributed by atoms with E-state index in [4.69, 9.17) is 5.73 Å². The first-order valence-electron chi connectivity index (χ1n) is 6.66. The molecular weight excluding hydrogens is 218 g/mol. The molecule has 0 aliphatic heterocycles. The summed E-state index contributed by atoms with van der Waals surface area (Å²) in [5.74, 6) is 0. The van der Waals surface area contributed by atoms with Crippen LogP contribution in [0.15, 0.2) is 54.6 Å². The van der Waals surface area contributed by atoms with Gasteiger partial charge < -0.3 is 5.73 Å². The second-order valence-electron chi connectivity index (χ2n) is 5.31. The number of benzene rings is 2. The first kappa shape index (κ1) is 11.5. The lowest BCUT2D eigenvalue weighted by atomic mass is 9.75. The van der Waals surface area contributed by atoms with Crippen molar-refractivity contribution in [3.05, 3.63) is 71.3 Å². The summed E-state index contributed by atoms with van der Waals surface area (Å²) >= 11 is 0. The van der Waals surface area contributed by atoms with Crippen molar-refractivity contribution in [1.82, 2.24) is 0 Å². The van der Waals surface area contributed by atoms with Gasteiger partial charge in [-0.3, -0.25) is 0 Å². The molecule has 18 heavy (non-hydrogen) atoms. The fourth-order valence-electron chi connectivity index (χ4n) is 3.29. The second kappa shape index (κ2) is 4.58. The molecule has 2 aromatic carbocycles. The zero-order valence-corrected chi connectivity index (χ0v) is 10.6. The predicted octanol–water partition coefficient (Wildman–Crippen LogP) is 3.07. The molecule has 92 valence electrons. The largest absolute Gasteiger partial charge is 0.330 e. The van der Waals surface area contributed by atoms with E-state index in [0.717, 1.165) is 25.8 Å². The zero-order valence-electron chi connectivity index (χ0n) is 10.6. The van der Waals surface area contributed by atoms with E-state index in [1.54, 1.807) is 0 Å². The van der Waals surface area contributed by atoms with Crippen LogP contribution in [0.25, 0.3) is 0 Å². The monoisotopic (exact) mass is 237 g/mol. The summed E-state index contributed by atoms with van der Waals surface area (Å²) < 4.78 is 0. The predicted molar refractivity (Wildman–Crippen MR) is 75.6 cm³/mol. The Morgan fingerprint density at radius 1 is 0.833 bits per heavy atom. The van der Waals surface area contributed by atoms with Crippen LogP contribution in [0.3, 0.4) is 0 Å². The molecule has 0 fully saturated rings. The lowest BCUT2D eigenvalue weighted by molar-refractivity contribution is 0.421. The van der Waals surface area contributed by atoms with E-state index in [2.05, 4.69) is 54.6 Å². The molecule has 0 unspecified atom stereocenters. The van der Waals surface area contributed by atoms with Gasteiger partial charge >= 0.3 is 0 Å². The Labute approximate surface area is 109 Å². The second-order valence-corrected chi connectivity index (χ2v) is 5.31. The molecule has 0 heterocycles. The molecule has 1 aliphatic rings. The summed E-state index contributed by atoms with van der Waals surface area (Å²) in [4.78, 5) is 0. The number of hydrogen-bond donors (Lipinski definition) is 1. The van der Waals surface area contributed by atoms with Gasteiger partial charge in [0.15, 0.2) is 0 Å². The lowest BCUT2D eigenvalue weighted by Crippen LogP contribution is -2.30. The molecule has 0 aromatic heterocycles. The Balaban J connectivity index is 2.02. The Bertz CT molecular complexity index is 505. The van der Waals surface area contributed by atoms with E-state index >= 15 is 0 Å². The van der Waals surface area contributed by atoms with Gasteiger partial charge in [0.1, 0.15) is 0 Å². The molecule has 1 heteroatoms. The first-order valence-corrected chi connectivity index (χ1v) is 6.66. The van der Waals surface area contributed by atoms with Gasteiger partial charge in [-0.25, -0.2) is 0 Å². The van der Waals surface area contributed by atoms with Crippen molar-refractivity contribution in [3.63, 3.8) is 0 Å². The highest BCUT2D eigenvalue weighted by atomic mass is 14.6. The van der Waals surface area contributed by atoms with Crippen molar-refractivity contribution in [2.24, 2.45) is 5.73 Å². The van der Waals surface area contributed by atoms with Crippen molar-refractivity contribution in [3.8, 4) is 0 Å². The van der Waals surface area contributed by atoms with Crippen molar-refractivity contribution < 1.29 is 0 Å². The molecule has 2 aromatic rings. The molecular formula is C17H19N. The zero-order chi connectivity index (χ0) is 12.4. The van der Waals surface area contributed by atoms with Crippen LogP contribution in [0.2, 0.25) is 0 Å². The van der Waals surface area contributed by atoms with Crippen LogP contribution in [0.4, 0.5) is 0 Å². The highest BCUT2D eigenvalue weighted by Crippen LogP contribution is 2.41. The van der Waals surface area contributed by atoms with Crippen molar-refractivity contribution in [2.45, 2.75) is 24.7 Å². The smallest absolute Gasteiger partial charge is 0.00458 e. The van der Waals surface area contributed by atoms with E-state index in [-0.39, 0.29) is 5.41 Å². The summed E-state index contributed by atoms with van der Waals surface area (Å²) in [6.07, 6.45) is 3.32. The standard InChI is InChI=1S/C17H19N/c18-11-10-17(16-8-2-1-3-9-16)12-14-6-4-5-7-15(14)13-17/h1-9H,10-13,18H2. The number of nitrogens with two attached hydrogens (primary N) is 1. The van der Waals surface area contributed by atoms with Crippen LogP contribution in [0.5, 0.6) is 0 Å². The maximum absolute atomic E-state index is 5.87. The van der Waals surface area contributed by atoms with E-state index in [9.17, 15) is 0 Å². The van der Waals surface area contributed by atoms with Gasteiger partial charge in [0.05, 0.1) is 0 Å². The fraction of sp³-hybridized carbons (Fsp3) is 0.294. The van der Waals surface area contributed by atoms with Crippen molar-refractivity contribution in [2.75, 3.05) is 6.54 Å². The molecule has 0 amide bonds. The highest BCUT2D eigenvalue weighted by Gasteiger charge is 2.37. The van der Waals surface area contributed by atoms with Gasteiger partial charge in [0, 0.05) is 5.41 Å². The van der Waals surface area contributed by atoms with Crippen LogP contribution in [-0.4, -0.2) is 6.54 Å². The maximum Gasteiger partial charge on any atom is 0.00458 e. The molecule has 1 nitrogen and oxygen atoms in total. The quantitative estimate of drug-likeness (QED) is 0.872. The van der Waals surface area contributed by atoms with Crippen molar-refractivity contribution >= 4 is 0 Å². The normalized spacial score (nSPS) is 16.5. The lowest BCUT2D eigenvalue weighted by Gasteiger charge is -2.29. The molecule has 0 saturated carbocycles. The fourth-order valence-corrected chi connectivity index (χ4v) is 3.29. The molecule has 0 saturated heterocycles. The summed E-state index contributed by atoms with van der Waals surface area (Å²) in [5, 5.41) is 0. The SMILES string of the molecule is NCCC1(c2ccccc2)Cc2ccccc2C1.